The van der Waals surface area contributed by atoms with Gasteiger partial charge in [0.15, 0.2) is 0 Å². The molecule has 2 aromatic rings. The van der Waals surface area contributed by atoms with Gasteiger partial charge in [0, 0.05) is 34.9 Å². The number of amides is 3. The van der Waals surface area contributed by atoms with E-state index in [9.17, 15) is 14.4 Å². The largest absolute Gasteiger partial charge is 0.318 e. The first-order chi connectivity index (χ1) is 12.6. The molecular formula is C19H19N3O3S. The van der Waals surface area contributed by atoms with Crippen molar-refractivity contribution in [2.24, 2.45) is 0 Å². The molecule has 1 aliphatic heterocycles. The summed E-state index contributed by atoms with van der Waals surface area (Å²) in [5.74, 6) is -1.43. The third-order valence-corrected chi connectivity index (χ3v) is 4.75. The van der Waals surface area contributed by atoms with Crippen molar-refractivity contribution in [1.29, 1.82) is 0 Å². The van der Waals surface area contributed by atoms with Crippen molar-refractivity contribution in [3.63, 3.8) is 0 Å². The molecule has 0 spiro atoms. The van der Waals surface area contributed by atoms with Crippen molar-refractivity contribution in [3.8, 4) is 0 Å². The van der Waals surface area contributed by atoms with E-state index in [0.717, 1.165) is 17.0 Å². The van der Waals surface area contributed by atoms with Gasteiger partial charge in [0.2, 0.25) is 5.91 Å². The average Bonchev–Trinajstić information content (AvgIpc) is 3.08. The first kappa shape index (κ1) is 18.0. The van der Waals surface area contributed by atoms with E-state index in [4.69, 9.17) is 0 Å². The summed E-state index contributed by atoms with van der Waals surface area (Å²) >= 11 is 1.55. The normalized spacial score (nSPS) is 13.6. The quantitative estimate of drug-likeness (QED) is 0.641. The molecule has 0 saturated carbocycles. The summed E-state index contributed by atoms with van der Waals surface area (Å²) in [5, 5.41) is 5.16. The number of carbonyl (C=O) groups is 3. The zero-order chi connectivity index (χ0) is 18.5. The van der Waals surface area contributed by atoms with Crippen LogP contribution in [0.15, 0.2) is 53.4 Å². The van der Waals surface area contributed by atoms with Gasteiger partial charge in [0.1, 0.15) is 0 Å². The van der Waals surface area contributed by atoms with Crippen LogP contribution in [0.25, 0.3) is 0 Å². The molecule has 7 heteroatoms. The van der Waals surface area contributed by atoms with Gasteiger partial charge >= 0.3 is 11.8 Å². The molecule has 2 N–H and O–H groups in total. The highest BCUT2D eigenvalue weighted by atomic mass is 32.2. The van der Waals surface area contributed by atoms with Gasteiger partial charge in [-0.05, 0) is 49.1 Å². The second-order valence-corrected chi connectivity index (χ2v) is 6.72. The maximum absolute atomic E-state index is 12.2. The minimum Gasteiger partial charge on any atom is -0.318 e. The lowest BCUT2D eigenvalue weighted by Gasteiger charge is -2.16. The van der Waals surface area contributed by atoms with Gasteiger partial charge in [-0.15, -0.1) is 11.8 Å². The van der Waals surface area contributed by atoms with Crippen LogP contribution in [0.4, 0.5) is 17.1 Å². The molecule has 134 valence electrons. The molecular weight excluding hydrogens is 350 g/mol. The Morgan fingerprint density at radius 3 is 2.27 bits per heavy atom. The number of thioether (sulfide) groups is 1. The first-order valence-electron chi connectivity index (χ1n) is 8.23. The fourth-order valence-electron chi connectivity index (χ4n) is 2.75. The Bertz CT molecular complexity index is 853. The second-order valence-electron chi connectivity index (χ2n) is 5.84. The van der Waals surface area contributed by atoms with Gasteiger partial charge in [0.25, 0.3) is 0 Å². The smallest absolute Gasteiger partial charge is 0.314 e. The van der Waals surface area contributed by atoms with Crippen LogP contribution in [-0.4, -0.2) is 30.5 Å². The van der Waals surface area contributed by atoms with Crippen molar-refractivity contribution in [1.82, 2.24) is 0 Å². The summed E-state index contributed by atoms with van der Waals surface area (Å²) in [5.41, 5.74) is 1.76. The first-order valence-corrected chi connectivity index (χ1v) is 9.46. The lowest BCUT2D eigenvalue weighted by atomic mass is 10.2. The van der Waals surface area contributed by atoms with Gasteiger partial charge in [-0.2, -0.15) is 0 Å². The Hall–Kier alpha value is -2.80. The summed E-state index contributed by atoms with van der Waals surface area (Å²) < 4.78 is 0. The molecule has 1 heterocycles. The maximum atomic E-state index is 12.2. The number of nitrogens with one attached hydrogen (secondary N) is 2. The van der Waals surface area contributed by atoms with Crippen LogP contribution in [0.1, 0.15) is 12.8 Å². The Morgan fingerprint density at radius 1 is 1.00 bits per heavy atom. The van der Waals surface area contributed by atoms with E-state index in [1.54, 1.807) is 47.0 Å². The van der Waals surface area contributed by atoms with Crippen molar-refractivity contribution >= 4 is 46.5 Å². The molecule has 3 amide bonds. The molecule has 0 bridgehead atoms. The molecule has 1 saturated heterocycles. The fraction of sp³-hybridized carbons (Fsp3) is 0.211. The van der Waals surface area contributed by atoms with E-state index in [1.165, 1.54) is 0 Å². The molecule has 1 fully saturated rings. The minimum atomic E-state index is -0.760. The molecule has 6 nitrogen and oxygen atoms in total. The predicted octanol–water partition coefficient (Wildman–Crippen LogP) is 3.11. The Labute approximate surface area is 156 Å². The summed E-state index contributed by atoms with van der Waals surface area (Å²) in [4.78, 5) is 38.8. The molecule has 26 heavy (non-hydrogen) atoms. The number of benzene rings is 2. The standard InChI is InChI=1S/C19H19N3O3S/c1-26-16-8-3-6-14(12-16)21-19(25)18(24)20-13-5-2-7-15(11-13)22-10-4-9-17(22)23/h2-3,5-8,11-12H,4,9-10H2,1H3,(H,20,24)(H,21,25). The Balaban J connectivity index is 1.65. The number of rotatable bonds is 4. The van der Waals surface area contributed by atoms with Crippen molar-refractivity contribution in [2.75, 3.05) is 28.3 Å². The van der Waals surface area contributed by atoms with Crippen molar-refractivity contribution in [2.45, 2.75) is 17.7 Å². The van der Waals surface area contributed by atoms with Gasteiger partial charge in [-0.25, -0.2) is 0 Å². The zero-order valence-corrected chi connectivity index (χ0v) is 15.1. The average molecular weight is 369 g/mol. The number of anilines is 3. The zero-order valence-electron chi connectivity index (χ0n) is 14.3. The molecule has 0 aliphatic carbocycles. The summed E-state index contributed by atoms with van der Waals surface area (Å²) in [7, 11) is 0. The van der Waals surface area contributed by atoms with Crippen LogP contribution in [0.5, 0.6) is 0 Å². The summed E-state index contributed by atoms with van der Waals surface area (Å²) in [6.45, 7) is 0.669. The highest BCUT2D eigenvalue weighted by Crippen LogP contribution is 2.24. The van der Waals surface area contributed by atoms with Crippen molar-refractivity contribution < 1.29 is 14.4 Å². The minimum absolute atomic E-state index is 0.0693. The predicted molar refractivity (Wildman–Crippen MR) is 104 cm³/mol. The van der Waals surface area contributed by atoms with E-state index < -0.39 is 11.8 Å². The Morgan fingerprint density at radius 2 is 1.65 bits per heavy atom. The molecule has 0 radical (unpaired) electrons. The van der Waals surface area contributed by atoms with Crippen LogP contribution < -0.4 is 15.5 Å². The van der Waals surface area contributed by atoms with E-state index in [1.807, 2.05) is 24.5 Å². The molecule has 2 aromatic carbocycles. The highest BCUT2D eigenvalue weighted by Gasteiger charge is 2.22. The molecule has 1 aliphatic rings. The van der Waals surface area contributed by atoms with Crippen LogP contribution in [0.2, 0.25) is 0 Å². The molecule has 0 atom stereocenters. The molecule has 0 unspecified atom stereocenters. The highest BCUT2D eigenvalue weighted by molar-refractivity contribution is 7.98. The lowest BCUT2D eigenvalue weighted by molar-refractivity contribution is -0.132. The van der Waals surface area contributed by atoms with Gasteiger partial charge in [-0.3, -0.25) is 14.4 Å². The van der Waals surface area contributed by atoms with E-state index in [-0.39, 0.29) is 5.91 Å². The molecule has 0 aromatic heterocycles. The fourth-order valence-corrected chi connectivity index (χ4v) is 3.21. The SMILES string of the molecule is CSc1cccc(NC(=O)C(=O)Nc2cccc(N3CCCC3=O)c2)c1. The van der Waals surface area contributed by atoms with Crippen LogP contribution in [0, 0.1) is 0 Å². The Kier molecular flexibility index (Phi) is 5.58. The third kappa shape index (κ3) is 4.23. The van der Waals surface area contributed by atoms with Gasteiger partial charge in [-0.1, -0.05) is 12.1 Å². The third-order valence-electron chi connectivity index (χ3n) is 4.02. The van der Waals surface area contributed by atoms with E-state index >= 15 is 0 Å². The second kappa shape index (κ2) is 8.05. The lowest BCUT2D eigenvalue weighted by Crippen LogP contribution is -2.29. The van der Waals surface area contributed by atoms with Gasteiger partial charge in [0.05, 0.1) is 0 Å². The topological polar surface area (TPSA) is 78.5 Å². The van der Waals surface area contributed by atoms with E-state index in [2.05, 4.69) is 10.6 Å². The van der Waals surface area contributed by atoms with Crippen LogP contribution >= 0.6 is 11.8 Å². The number of hydrogen-bond donors (Lipinski definition) is 2. The van der Waals surface area contributed by atoms with Crippen LogP contribution in [-0.2, 0) is 14.4 Å². The number of carbonyl (C=O) groups excluding carboxylic acids is 3. The number of nitrogens with zero attached hydrogens (tertiary/aromatic N) is 1. The van der Waals surface area contributed by atoms with E-state index in [0.29, 0.717) is 24.3 Å². The monoisotopic (exact) mass is 369 g/mol. The summed E-state index contributed by atoms with van der Waals surface area (Å²) in [6.07, 6.45) is 3.30. The van der Waals surface area contributed by atoms with Crippen LogP contribution in [0.3, 0.4) is 0 Å². The maximum Gasteiger partial charge on any atom is 0.314 e. The summed E-state index contributed by atoms with van der Waals surface area (Å²) in [6, 6.07) is 14.2. The number of hydrogen-bond acceptors (Lipinski definition) is 4. The molecule has 3 rings (SSSR count). The van der Waals surface area contributed by atoms with Gasteiger partial charge < -0.3 is 15.5 Å². The van der Waals surface area contributed by atoms with Crippen molar-refractivity contribution in [3.05, 3.63) is 48.5 Å².